The smallest absolute Gasteiger partial charge is 0.264 e. The molecule has 2 amide bonds. The van der Waals surface area contributed by atoms with Crippen molar-refractivity contribution < 1.29 is 18.0 Å². The maximum Gasteiger partial charge on any atom is 0.264 e. The minimum atomic E-state index is -3.72. The van der Waals surface area contributed by atoms with E-state index < -0.39 is 10.0 Å². The highest BCUT2D eigenvalue weighted by Gasteiger charge is 2.21. The summed E-state index contributed by atoms with van der Waals surface area (Å²) in [5.74, 6) is -0.611. The molecule has 0 saturated heterocycles. The van der Waals surface area contributed by atoms with E-state index in [-0.39, 0.29) is 22.1 Å². The van der Waals surface area contributed by atoms with Crippen LogP contribution in [0.25, 0.3) is 0 Å². The maximum atomic E-state index is 12.9. The normalized spacial score (nSPS) is 11.5. The average Bonchev–Trinajstić information content (AvgIpc) is 2.93. The van der Waals surface area contributed by atoms with Crippen molar-refractivity contribution in [2.45, 2.75) is 31.1 Å². The van der Waals surface area contributed by atoms with Gasteiger partial charge in [0.2, 0.25) is 0 Å². The van der Waals surface area contributed by atoms with Gasteiger partial charge in [-0.2, -0.15) is 0 Å². The number of nitrogens with zero attached hydrogens (tertiary/aromatic N) is 1. The number of rotatable bonds is 7. The fourth-order valence-corrected chi connectivity index (χ4v) is 5.13. The number of carbonyl (C=O) groups is 2. The molecule has 0 aliphatic rings. The first-order valence-electron chi connectivity index (χ1n) is 12.4. The molecule has 4 aromatic carbocycles. The molecule has 0 atom stereocenters. The number of carbonyl (C=O) groups excluding carboxylic acids is 2. The van der Waals surface area contributed by atoms with E-state index in [1.807, 2.05) is 12.1 Å². The van der Waals surface area contributed by atoms with Gasteiger partial charge in [-0.3, -0.25) is 13.9 Å². The van der Waals surface area contributed by atoms with Crippen molar-refractivity contribution in [3.63, 3.8) is 0 Å². The van der Waals surface area contributed by atoms with Crippen molar-refractivity contribution in [1.82, 2.24) is 0 Å². The third-order valence-electron chi connectivity index (χ3n) is 6.29. The third kappa shape index (κ3) is 6.53. The predicted octanol–water partition coefficient (Wildman–Crippen LogP) is 6.31. The molecular weight excluding hydrogens is 510 g/mol. The Morgan fingerprint density at radius 2 is 1.15 bits per heavy atom. The van der Waals surface area contributed by atoms with Gasteiger partial charge in [0.1, 0.15) is 0 Å². The van der Waals surface area contributed by atoms with Gasteiger partial charge in [0.05, 0.1) is 10.6 Å². The highest BCUT2D eigenvalue weighted by Crippen LogP contribution is 2.24. The standard InChI is InChI=1S/C31H31N3O4S/c1-31(2,3)24-17-13-22(14-18-24)29(35)32-25-9-8-10-26(21-25)33-30(36)23-15-19-27(20-16-23)34(4)39(37,38)28-11-6-5-7-12-28/h5-21H,1-4H3,(H,32,35)(H,33,36). The van der Waals surface area contributed by atoms with Gasteiger partial charge in [-0.15, -0.1) is 0 Å². The fraction of sp³-hybridized carbons (Fsp3) is 0.161. The van der Waals surface area contributed by atoms with Gasteiger partial charge in [-0.1, -0.05) is 57.2 Å². The molecule has 0 aromatic heterocycles. The Morgan fingerprint density at radius 1 is 0.667 bits per heavy atom. The highest BCUT2D eigenvalue weighted by molar-refractivity contribution is 7.92. The maximum absolute atomic E-state index is 12.9. The average molecular weight is 542 g/mol. The van der Waals surface area contributed by atoms with Crippen LogP contribution in [0.1, 0.15) is 47.1 Å². The lowest BCUT2D eigenvalue weighted by atomic mass is 9.87. The summed E-state index contributed by atoms with van der Waals surface area (Å²) in [6, 6.07) is 28.8. The van der Waals surface area contributed by atoms with E-state index in [1.54, 1.807) is 78.9 Å². The molecule has 4 aromatic rings. The summed E-state index contributed by atoms with van der Waals surface area (Å²) in [6.45, 7) is 6.35. The summed E-state index contributed by atoms with van der Waals surface area (Å²) in [7, 11) is -2.25. The van der Waals surface area contributed by atoms with E-state index >= 15 is 0 Å². The zero-order chi connectivity index (χ0) is 28.2. The summed E-state index contributed by atoms with van der Waals surface area (Å²) in [6.07, 6.45) is 0. The van der Waals surface area contributed by atoms with Gasteiger partial charge in [-0.25, -0.2) is 8.42 Å². The van der Waals surface area contributed by atoms with Crippen molar-refractivity contribution >= 4 is 38.9 Å². The lowest BCUT2D eigenvalue weighted by Crippen LogP contribution is -2.26. The Kier molecular flexibility index (Phi) is 7.88. The molecule has 0 aliphatic heterocycles. The van der Waals surface area contributed by atoms with Gasteiger partial charge in [0.25, 0.3) is 21.8 Å². The van der Waals surface area contributed by atoms with Crippen LogP contribution in [0.15, 0.2) is 108 Å². The van der Waals surface area contributed by atoms with Gasteiger partial charge in [0.15, 0.2) is 0 Å². The van der Waals surface area contributed by atoms with Crippen LogP contribution in [0.5, 0.6) is 0 Å². The molecule has 7 nitrogen and oxygen atoms in total. The Balaban J connectivity index is 1.41. The topological polar surface area (TPSA) is 95.6 Å². The summed E-state index contributed by atoms with van der Waals surface area (Å²) < 4.78 is 26.9. The molecule has 0 fully saturated rings. The summed E-state index contributed by atoms with van der Waals surface area (Å²) in [5, 5.41) is 5.68. The molecule has 0 aliphatic carbocycles. The van der Waals surface area contributed by atoms with Crippen LogP contribution in [0.4, 0.5) is 17.1 Å². The lowest BCUT2D eigenvalue weighted by Gasteiger charge is -2.19. The second-order valence-electron chi connectivity index (χ2n) is 10.1. The van der Waals surface area contributed by atoms with Crippen LogP contribution in [0.3, 0.4) is 0 Å². The number of sulfonamides is 1. The van der Waals surface area contributed by atoms with Crippen LogP contribution in [-0.4, -0.2) is 27.3 Å². The van der Waals surface area contributed by atoms with Gasteiger partial charge < -0.3 is 10.6 Å². The summed E-state index contributed by atoms with van der Waals surface area (Å²) in [5.41, 5.74) is 3.51. The second kappa shape index (κ2) is 11.1. The van der Waals surface area contributed by atoms with E-state index in [4.69, 9.17) is 0 Å². The molecule has 0 unspecified atom stereocenters. The molecule has 0 heterocycles. The SMILES string of the molecule is CN(c1ccc(C(=O)Nc2cccc(NC(=O)c3ccc(C(C)(C)C)cc3)c2)cc1)S(=O)(=O)c1ccccc1. The molecule has 2 N–H and O–H groups in total. The lowest BCUT2D eigenvalue weighted by molar-refractivity contribution is 0.101. The van der Waals surface area contributed by atoms with E-state index in [1.165, 1.54) is 23.5 Å². The number of hydrogen-bond donors (Lipinski definition) is 2. The Hall–Kier alpha value is -4.43. The molecule has 8 heteroatoms. The van der Waals surface area contributed by atoms with Crippen molar-refractivity contribution in [3.05, 3.63) is 120 Å². The molecule has 4 rings (SSSR count). The molecule has 0 radical (unpaired) electrons. The molecule has 200 valence electrons. The van der Waals surface area contributed by atoms with Gasteiger partial charge in [0, 0.05) is 29.5 Å². The third-order valence-corrected chi connectivity index (χ3v) is 8.09. The van der Waals surface area contributed by atoms with Gasteiger partial charge >= 0.3 is 0 Å². The van der Waals surface area contributed by atoms with Crippen LogP contribution in [0, 0.1) is 0 Å². The van der Waals surface area contributed by atoms with E-state index in [0.29, 0.717) is 28.2 Å². The van der Waals surface area contributed by atoms with Crippen molar-refractivity contribution in [1.29, 1.82) is 0 Å². The Bertz CT molecular complexity index is 1580. The van der Waals surface area contributed by atoms with Crippen LogP contribution < -0.4 is 14.9 Å². The van der Waals surface area contributed by atoms with Crippen LogP contribution >= 0.6 is 0 Å². The molecule has 0 saturated carbocycles. The first-order chi connectivity index (χ1) is 18.4. The number of hydrogen-bond acceptors (Lipinski definition) is 4. The zero-order valence-corrected chi connectivity index (χ0v) is 23.1. The van der Waals surface area contributed by atoms with E-state index in [9.17, 15) is 18.0 Å². The first-order valence-corrected chi connectivity index (χ1v) is 13.9. The minimum Gasteiger partial charge on any atom is -0.322 e. The highest BCUT2D eigenvalue weighted by atomic mass is 32.2. The first kappa shape index (κ1) is 27.6. The molecular formula is C31H31N3O4S. The Labute approximate surface area is 229 Å². The number of amides is 2. The van der Waals surface area contributed by atoms with E-state index in [0.717, 1.165) is 5.56 Å². The van der Waals surface area contributed by atoms with Gasteiger partial charge in [-0.05, 0) is 77.7 Å². The Morgan fingerprint density at radius 3 is 1.64 bits per heavy atom. The second-order valence-corrected chi connectivity index (χ2v) is 12.1. The zero-order valence-electron chi connectivity index (χ0n) is 22.3. The predicted molar refractivity (Wildman–Crippen MR) is 156 cm³/mol. The minimum absolute atomic E-state index is 0.00233. The van der Waals surface area contributed by atoms with E-state index in [2.05, 4.69) is 31.4 Å². The van der Waals surface area contributed by atoms with Crippen LogP contribution in [-0.2, 0) is 15.4 Å². The number of anilines is 3. The fourth-order valence-electron chi connectivity index (χ4n) is 3.91. The quantitative estimate of drug-likeness (QED) is 0.286. The summed E-state index contributed by atoms with van der Waals surface area (Å²) in [4.78, 5) is 25.8. The largest absolute Gasteiger partial charge is 0.322 e. The van der Waals surface area contributed by atoms with Crippen LogP contribution in [0.2, 0.25) is 0 Å². The molecule has 0 spiro atoms. The monoisotopic (exact) mass is 541 g/mol. The number of benzene rings is 4. The van der Waals surface area contributed by atoms with Crippen molar-refractivity contribution in [3.8, 4) is 0 Å². The van der Waals surface area contributed by atoms with Crippen molar-refractivity contribution in [2.24, 2.45) is 0 Å². The molecule has 39 heavy (non-hydrogen) atoms. The molecule has 0 bridgehead atoms. The summed E-state index contributed by atoms with van der Waals surface area (Å²) >= 11 is 0. The number of nitrogens with one attached hydrogen (secondary N) is 2. The van der Waals surface area contributed by atoms with Crippen molar-refractivity contribution in [2.75, 3.05) is 22.0 Å².